The van der Waals surface area contributed by atoms with E-state index in [1.165, 1.54) is 20.3 Å². The van der Waals surface area contributed by atoms with E-state index in [4.69, 9.17) is 9.47 Å². The van der Waals surface area contributed by atoms with E-state index in [-0.39, 0.29) is 0 Å². The Bertz CT molecular complexity index is 365. The van der Waals surface area contributed by atoms with Crippen molar-refractivity contribution >= 4 is 6.08 Å². The standard InChI is InChI=1S/C10H11NO4/c1-14-9-5-8(3-4-11(12)13)6-10(7-9)15-2/h3-7H,1-2H3/b4-3+. The van der Waals surface area contributed by atoms with Gasteiger partial charge in [0.15, 0.2) is 0 Å². The van der Waals surface area contributed by atoms with E-state index in [2.05, 4.69) is 0 Å². The molecule has 80 valence electrons. The van der Waals surface area contributed by atoms with E-state index in [9.17, 15) is 10.1 Å². The van der Waals surface area contributed by atoms with Gasteiger partial charge in [0.05, 0.1) is 19.1 Å². The number of nitro groups is 1. The Hall–Kier alpha value is -2.04. The SMILES string of the molecule is COc1cc(/C=C/[N+](=O)[O-])cc(OC)c1. The molecule has 0 radical (unpaired) electrons. The molecule has 1 rings (SSSR count). The van der Waals surface area contributed by atoms with Gasteiger partial charge in [0.25, 0.3) is 0 Å². The van der Waals surface area contributed by atoms with Crippen LogP contribution in [0.1, 0.15) is 5.56 Å². The molecule has 1 aromatic carbocycles. The van der Waals surface area contributed by atoms with Gasteiger partial charge in [-0.25, -0.2) is 0 Å². The maximum Gasteiger partial charge on any atom is 0.235 e. The van der Waals surface area contributed by atoms with E-state index in [1.54, 1.807) is 18.2 Å². The van der Waals surface area contributed by atoms with Crippen molar-refractivity contribution in [2.75, 3.05) is 14.2 Å². The van der Waals surface area contributed by atoms with Gasteiger partial charge >= 0.3 is 0 Å². The average molecular weight is 209 g/mol. The second-order valence-corrected chi connectivity index (χ2v) is 2.75. The van der Waals surface area contributed by atoms with Crippen LogP contribution in [0.15, 0.2) is 24.4 Å². The molecular formula is C10H11NO4. The van der Waals surface area contributed by atoms with Gasteiger partial charge in [-0.2, -0.15) is 0 Å². The highest BCUT2D eigenvalue weighted by atomic mass is 16.6. The van der Waals surface area contributed by atoms with Crippen LogP contribution in [0.4, 0.5) is 0 Å². The third-order valence-corrected chi connectivity index (χ3v) is 1.76. The molecule has 5 heteroatoms. The van der Waals surface area contributed by atoms with E-state index in [0.717, 1.165) is 6.20 Å². The first-order valence-corrected chi connectivity index (χ1v) is 4.20. The first-order chi connectivity index (χ1) is 7.15. The van der Waals surface area contributed by atoms with Crippen LogP contribution in [0.3, 0.4) is 0 Å². The number of ether oxygens (including phenoxy) is 2. The zero-order valence-electron chi connectivity index (χ0n) is 8.47. The molecule has 0 amide bonds. The van der Waals surface area contributed by atoms with Gasteiger partial charge in [0.2, 0.25) is 6.20 Å². The maximum atomic E-state index is 10.1. The van der Waals surface area contributed by atoms with Crippen molar-refractivity contribution in [1.82, 2.24) is 0 Å². The number of hydrogen-bond acceptors (Lipinski definition) is 4. The number of nitrogens with zero attached hydrogens (tertiary/aromatic N) is 1. The second kappa shape index (κ2) is 4.99. The molecule has 0 aromatic heterocycles. The minimum atomic E-state index is -0.522. The molecule has 0 aliphatic carbocycles. The molecular weight excluding hydrogens is 198 g/mol. The molecule has 0 saturated carbocycles. The second-order valence-electron chi connectivity index (χ2n) is 2.75. The molecule has 5 nitrogen and oxygen atoms in total. The Balaban J connectivity index is 3.01. The summed E-state index contributed by atoms with van der Waals surface area (Å²) in [4.78, 5) is 9.62. The van der Waals surface area contributed by atoms with Crippen molar-refractivity contribution in [1.29, 1.82) is 0 Å². The van der Waals surface area contributed by atoms with Gasteiger partial charge < -0.3 is 9.47 Å². The van der Waals surface area contributed by atoms with Gasteiger partial charge in [-0.3, -0.25) is 10.1 Å². The largest absolute Gasteiger partial charge is 0.497 e. The Kier molecular flexibility index (Phi) is 3.68. The minimum absolute atomic E-state index is 0.522. The Morgan fingerprint density at radius 2 is 1.73 bits per heavy atom. The molecule has 0 aliphatic heterocycles. The van der Waals surface area contributed by atoms with Gasteiger partial charge in [0, 0.05) is 12.1 Å². The number of hydrogen-bond donors (Lipinski definition) is 0. The van der Waals surface area contributed by atoms with Crippen LogP contribution in [0.5, 0.6) is 11.5 Å². The summed E-state index contributed by atoms with van der Waals surface area (Å²) < 4.78 is 10.0. The van der Waals surface area contributed by atoms with Gasteiger partial charge in [-0.1, -0.05) is 0 Å². The molecule has 0 saturated heterocycles. The van der Waals surface area contributed by atoms with E-state index < -0.39 is 4.92 Å². The molecule has 0 N–H and O–H groups in total. The molecule has 0 atom stereocenters. The van der Waals surface area contributed by atoms with Crippen LogP contribution in [-0.4, -0.2) is 19.1 Å². The highest BCUT2D eigenvalue weighted by molar-refractivity contribution is 5.54. The number of methoxy groups -OCH3 is 2. The highest BCUT2D eigenvalue weighted by Gasteiger charge is 2.00. The topological polar surface area (TPSA) is 61.6 Å². The zero-order valence-corrected chi connectivity index (χ0v) is 8.47. The summed E-state index contributed by atoms with van der Waals surface area (Å²) in [7, 11) is 3.05. The Morgan fingerprint density at radius 3 is 2.13 bits per heavy atom. The molecule has 15 heavy (non-hydrogen) atoms. The van der Waals surface area contributed by atoms with E-state index in [0.29, 0.717) is 17.1 Å². The lowest BCUT2D eigenvalue weighted by atomic mass is 10.2. The monoisotopic (exact) mass is 209 g/mol. The maximum absolute atomic E-state index is 10.1. The lowest BCUT2D eigenvalue weighted by molar-refractivity contribution is -0.400. The predicted octanol–water partition coefficient (Wildman–Crippen LogP) is 1.95. The Labute approximate surface area is 87.1 Å². The summed E-state index contributed by atoms with van der Waals surface area (Å²) in [6.45, 7) is 0. The molecule has 0 aliphatic rings. The first-order valence-electron chi connectivity index (χ1n) is 4.20. The van der Waals surface area contributed by atoms with Crippen molar-refractivity contribution < 1.29 is 14.4 Å². The third-order valence-electron chi connectivity index (χ3n) is 1.76. The van der Waals surface area contributed by atoms with E-state index >= 15 is 0 Å². The predicted molar refractivity (Wildman–Crippen MR) is 55.6 cm³/mol. The molecule has 0 heterocycles. The fraction of sp³-hybridized carbons (Fsp3) is 0.200. The summed E-state index contributed by atoms with van der Waals surface area (Å²) in [6, 6.07) is 5.06. The van der Waals surface area contributed by atoms with Crippen LogP contribution >= 0.6 is 0 Å². The molecule has 0 fully saturated rings. The lowest BCUT2D eigenvalue weighted by Crippen LogP contribution is -1.89. The molecule has 0 bridgehead atoms. The molecule has 1 aromatic rings. The fourth-order valence-electron chi connectivity index (χ4n) is 1.07. The summed E-state index contributed by atoms with van der Waals surface area (Å²) in [5.41, 5.74) is 0.655. The van der Waals surface area contributed by atoms with Crippen LogP contribution < -0.4 is 9.47 Å². The summed E-state index contributed by atoms with van der Waals surface area (Å²) in [6.07, 6.45) is 2.25. The third kappa shape index (κ3) is 3.30. The fourth-order valence-corrected chi connectivity index (χ4v) is 1.07. The summed E-state index contributed by atoms with van der Waals surface area (Å²) >= 11 is 0. The summed E-state index contributed by atoms with van der Waals surface area (Å²) in [5, 5.41) is 10.1. The molecule has 0 spiro atoms. The average Bonchev–Trinajstić information content (AvgIpc) is 2.25. The van der Waals surface area contributed by atoms with Crippen molar-refractivity contribution in [2.45, 2.75) is 0 Å². The molecule has 0 unspecified atom stereocenters. The minimum Gasteiger partial charge on any atom is -0.497 e. The quantitative estimate of drug-likeness (QED) is 0.561. The van der Waals surface area contributed by atoms with Gasteiger partial charge in [-0.05, 0) is 17.7 Å². The smallest absolute Gasteiger partial charge is 0.235 e. The number of rotatable bonds is 4. The highest BCUT2D eigenvalue weighted by Crippen LogP contribution is 2.23. The van der Waals surface area contributed by atoms with Crippen molar-refractivity contribution in [3.63, 3.8) is 0 Å². The van der Waals surface area contributed by atoms with Gasteiger partial charge in [-0.15, -0.1) is 0 Å². The van der Waals surface area contributed by atoms with Crippen LogP contribution in [-0.2, 0) is 0 Å². The van der Waals surface area contributed by atoms with Crippen molar-refractivity contribution in [3.05, 3.63) is 40.1 Å². The normalized spacial score (nSPS) is 10.3. The van der Waals surface area contributed by atoms with Gasteiger partial charge in [0.1, 0.15) is 11.5 Å². The Morgan fingerprint density at radius 1 is 1.20 bits per heavy atom. The van der Waals surface area contributed by atoms with E-state index in [1.807, 2.05) is 0 Å². The van der Waals surface area contributed by atoms with Crippen molar-refractivity contribution in [3.8, 4) is 11.5 Å². The first kappa shape index (κ1) is 11.0. The van der Waals surface area contributed by atoms with Crippen LogP contribution in [0.25, 0.3) is 6.08 Å². The summed E-state index contributed by atoms with van der Waals surface area (Å²) in [5.74, 6) is 1.19. The number of benzene rings is 1. The van der Waals surface area contributed by atoms with Crippen LogP contribution in [0, 0.1) is 10.1 Å². The zero-order chi connectivity index (χ0) is 11.3. The van der Waals surface area contributed by atoms with Crippen LogP contribution in [0.2, 0.25) is 0 Å². The van der Waals surface area contributed by atoms with Crippen molar-refractivity contribution in [2.24, 2.45) is 0 Å². The lowest BCUT2D eigenvalue weighted by Gasteiger charge is -2.04.